The van der Waals surface area contributed by atoms with Gasteiger partial charge in [-0.1, -0.05) is 26.8 Å². The highest BCUT2D eigenvalue weighted by Crippen LogP contribution is 2.14. The minimum absolute atomic E-state index is 0.0445. The molecule has 1 unspecified atom stereocenters. The van der Waals surface area contributed by atoms with Gasteiger partial charge in [0.25, 0.3) is 11.5 Å². The monoisotopic (exact) mass is 454 g/mol. The van der Waals surface area contributed by atoms with Gasteiger partial charge in [0.1, 0.15) is 6.54 Å². The van der Waals surface area contributed by atoms with Crippen LogP contribution in [0.25, 0.3) is 16.7 Å². The van der Waals surface area contributed by atoms with E-state index in [4.69, 9.17) is 0 Å². The van der Waals surface area contributed by atoms with Crippen LogP contribution in [0.5, 0.6) is 0 Å². The first-order chi connectivity index (χ1) is 15.7. The van der Waals surface area contributed by atoms with Gasteiger partial charge in [-0.05, 0) is 37.5 Å². The molecule has 1 atom stereocenters. The van der Waals surface area contributed by atoms with E-state index in [2.05, 4.69) is 22.3 Å². The van der Waals surface area contributed by atoms with Crippen molar-refractivity contribution in [3.63, 3.8) is 0 Å². The number of rotatable bonds is 9. The fourth-order valence-electron chi connectivity index (χ4n) is 3.41. The van der Waals surface area contributed by atoms with E-state index in [1.165, 1.54) is 27.2 Å². The van der Waals surface area contributed by atoms with Crippen LogP contribution in [-0.2, 0) is 17.9 Å². The van der Waals surface area contributed by atoms with E-state index < -0.39 is 5.69 Å². The largest absolute Gasteiger partial charge is 0.352 e. The molecular formula is C23H30N6O4. The number of carbonyl (C=O) groups excluding carboxylic acids is 2. The first-order valence-electron chi connectivity index (χ1n) is 11.0. The molecule has 10 heteroatoms. The zero-order valence-corrected chi connectivity index (χ0v) is 19.4. The van der Waals surface area contributed by atoms with E-state index in [9.17, 15) is 19.2 Å². The third kappa shape index (κ3) is 4.89. The van der Waals surface area contributed by atoms with Gasteiger partial charge in [0.15, 0.2) is 0 Å². The molecule has 33 heavy (non-hydrogen) atoms. The highest BCUT2D eigenvalue weighted by molar-refractivity contribution is 5.98. The summed E-state index contributed by atoms with van der Waals surface area (Å²) >= 11 is 0. The molecule has 0 saturated carbocycles. The molecule has 2 amide bonds. The predicted octanol–water partition coefficient (Wildman–Crippen LogP) is 1.30. The van der Waals surface area contributed by atoms with E-state index >= 15 is 0 Å². The molecule has 1 aromatic carbocycles. The Kier molecular flexibility index (Phi) is 7.15. The Morgan fingerprint density at radius 1 is 1.21 bits per heavy atom. The summed E-state index contributed by atoms with van der Waals surface area (Å²) in [5.74, 6) is -0.309. The second kappa shape index (κ2) is 9.85. The van der Waals surface area contributed by atoms with Crippen LogP contribution in [0.2, 0.25) is 0 Å². The van der Waals surface area contributed by atoms with Crippen molar-refractivity contribution in [3.8, 4) is 0 Å². The minimum Gasteiger partial charge on any atom is -0.352 e. The molecule has 2 N–H and O–H groups in total. The van der Waals surface area contributed by atoms with Crippen molar-refractivity contribution in [2.24, 2.45) is 5.92 Å². The lowest BCUT2D eigenvalue weighted by Crippen LogP contribution is -2.37. The zero-order chi connectivity index (χ0) is 24.3. The first-order valence-corrected chi connectivity index (χ1v) is 11.0. The van der Waals surface area contributed by atoms with E-state index in [0.29, 0.717) is 12.1 Å². The number of aromatic nitrogens is 4. The maximum Gasteiger partial charge on any atom is 0.352 e. The average molecular weight is 455 g/mol. The summed E-state index contributed by atoms with van der Waals surface area (Å²) in [6.45, 7) is 11.8. The molecule has 0 aliphatic rings. The van der Waals surface area contributed by atoms with Crippen molar-refractivity contribution in [2.75, 3.05) is 6.54 Å². The Hall–Kier alpha value is -3.69. The Balaban J connectivity index is 2.19. The predicted molar refractivity (Wildman–Crippen MR) is 126 cm³/mol. The smallest absolute Gasteiger partial charge is 0.352 e. The summed E-state index contributed by atoms with van der Waals surface area (Å²) in [5.41, 5.74) is -0.370. The topological polar surface area (TPSA) is 120 Å². The van der Waals surface area contributed by atoms with E-state index in [1.807, 2.05) is 27.7 Å². The number of nitrogens with zero attached hydrogens (tertiary/aromatic N) is 4. The van der Waals surface area contributed by atoms with Crippen molar-refractivity contribution in [2.45, 2.75) is 53.2 Å². The highest BCUT2D eigenvalue weighted by Gasteiger charge is 2.20. The molecule has 0 fully saturated rings. The van der Waals surface area contributed by atoms with Crippen LogP contribution in [-0.4, -0.2) is 43.1 Å². The van der Waals surface area contributed by atoms with Crippen molar-refractivity contribution in [1.29, 1.82) is 0 Å². The summed E-state index contributed by atoms with van der Waals surface area (Å²) in [5, 5.41) is 10.2. The SMILES string of the molecule is C=CCn1c(=O)c2ccc(C(=O)NCC(C)C)cc2n2c(=O)n(CC(=O)NC(C)CC)nc12. The average Bonchev–Trinajstić information content (AvgIpc) is 3.10. The minimum atomic E-state index is -0.577. The Bertz CT molecular complexity index is 1330. The van der Waals surface area contributed by atoms with Crippen molar-refractivity contribution in [1.82, 2.24) is 29.4 Å². The number of amides is 2. The number of hydrogen-bond acceptors (Lipinski definition) is 5. The van der Waals surface area contributed by atoms with Gasteiger partial charge >= 0.3 is 5.69 Å². The van der Waals surface area contributed by atoms with Crippen molar-refractivity contribution >= 4 is 28.5 Å². The van der Waals surface area contributed by atoms with Gasteiger partial charge in [-0.3, -0.25) is 19.0 Å². The summed E-state index contributed by atoms with van der Waals surface area (Å²) in [6.07, 6.45) is 2.27. The van der Waals surface area contributed by atoms with Crippen LogP contribution in [0.4, 0.5) is 0 Å². The number of benzene rings is 1. The number of allylic oxidation sites excluding steroid dienone is 1. The second-order valence-electron chi connectivity index (χ2n) is 8.49. The molecule has 2 heterocycles. The standard InChI is InChI=1S/C23H30N6O4/c1-6-10-27-21(32)17-9-8-16(20(31)24-12-14(3)4)11-18(17)29-22(27)26-28(23(29)33)13-19(30)25-15(5)7-2/h6,8-9,11,14-15H,1,7,10,12-13H2,2-5H3,(H,24,31)(H,25,30). The highest BCUT2D eigenvalue weighted by atomic mass is 16.2. The number of carbonyl (C=O) groups is 2. The Morgan fingerprint density at radius 3 is 2.58 bits per heavy atom. The zero-order valence-electron chi connectivity index (χ0n) is 19.4. The molecule has 0 bridgehead atoms. The fraction of sp³-hybridized carbons (Fsp3) is 0.435. The third-order valence-corrected chi connectivity index (χ3v) is 5.34. The molecule has 0 aliphatic heterocycles. The lowest BCUT2D eigenvalue weighted by Gasteiger charge is -2.10. The third-order valence-electron chi connectivity index (χ3n) is 5.34. The van der Waals surface area contributed by atoms with Gasteiger partial charge in [-0.2, -0.15) is 0 Å². The van der Waals surface area contributed by atoms with Gasteiger partial charge in [0.2, 0.25) is 11.7 Å². The molecule has 10 nitrogen and oxygen atoms in total. The maximum atomic E-state index is 13.2. The van der Waals surface area contributed by atoms with Crippen LogP contribution in [0.1, 0.15) is 44.5 Å². The first kappa shape index (κ1) is 24.0. The van der Waals surface area contributed by atoms with E-state index in [0.717, 1.165) is 11.1 Å². The van der Waals surface area contributed by atoms with Gasteiger partial charge < -0.3 is 10.6 Å². The molecule has 0 spiro atoms. The summed E-state index contributed by atoms with van der Waals surface area (Å²) < 4.78 is 3.60. The van der Waals surface area contributed by atoms with Crippen LogP contribution < -0.4 is 21.9 Å². The van der Waals surface area contributed by atoms with Gasteiger partial charge in [-0.15, -0.1) is 11.7 Å². The van der Waals surface area contributed by atoms with Crippen molar-refractivity contribution < 1.29 is 9.59 Å². The lowest BCUT2D eigenvalue weighted by atomic mass is 10.1. The van der Waals surface area contributed by atoms with Crippen LogP contribution in [0.15, 0.2) is 40.4 Å². The Labute approximate surface area is 190 Å². The Morgan fingerprint density at radius 2 is 1.94 bits per heavy atom. The van der Waals surface area contributed by atoms with Crippen LogP contribution >= 0.6 is 0 Å². The molecule has 0 radical (unpaired) electrons. The lowest BCUT2D eigenvalue weighted by molar-refractivity contribution is -0.122. The van der Waals surface area contributed by atoms with Crippen LogP contribution in [0, 0.1) is 5.92 Å². The molecule has 0 aliphatic carbocycles. The molecule has 2 aromatic heterocycles. The number of hydrogen-bond donors (Lipinski definition) is 2. The summed E-state index contributed by atoms with van der Waals surface area (Å²) in [7, 11) is 0. The molecule has 3 aromatic rings. The molecular weight excluding hydrogens is 424 g/mol. The second-order valence-corrected chi connectivity index (χ2v) is 8.49. The maximum absolute atomic E-state index is 13.2. The number of nitrogens with one attached hydrogen (secondary N) is 2. The normalized spacial score (nSPS) is 12.3. The van der Waals surface area contributed by atoms with Gasteiger partial charge in [0, 0.05) is 24.7 Å². The summed E-state index contributed by atoms with van der Waals surface area (Å²) in [6, 6.07) is 4.54. The summed E-state index contributed by atoms with van der Waals surface area (Å²) in [4.78, 5) is 51.3. The number of fused-ring (bicyclic) bond motifs is 3. The van der Waals surface area contributed by atoms with Crippen LogP contribution in [0.3, 0.4) is 0 Å². The van der Waals surface area contributed by atoms with Gasteiger partial charge in [-0.25, -0.2) is 13.9 Å². The van der Waals surface area contributed by atoms with Gasteiger partial charge in [0.05, 0.1) is 10.9 Å². The molecule has 0 saturated heterocycles. The van der Waals surface area contributed by atoms with E-state index in [1.54, 1.807) is 6.07 Å². The van der Waals surface area contributed by atoms with Crippen molar-refractivity contribution in [3.05, 3.63) is 57.3 Å². The molecule has 3 rings (SSSR count). The van der Waals surface area contributed by atoms with E-state index in [-0.39, 0.29) is 59.1 Å². The fourth-order valence-corrected chi connectivity index (χ4v) is 3.41. The molecule has 176 valence electrons. The quantitative estimate of drug-likeness (QED) is 0.472.